The Morgan fingerprint density at radius 1 is 0.840 bits per heavy atom. The molecular weight excluding hydrogens is 357 g/mol. The average Bonchev–Trinajstić information content (AvgIpc) is 2.93. The van der Waals surface area contributed by atoms with Crippen LogP contribution in [0.5, 0.6) is 0 Å². The molecular formula is C16H11F3N2O3S. The summed E-state index contributed by atoms with van der Waals surface area (Å²) in [4.78, 5) is 12.5. The van der Waals surface area contributed by atoms with Crippen LogP contribution in [0, 0.1) is 0 Å². The average molecular weight is 368 g/mol. The summed E-state index contributed by atoms with van der Waals surface area (Å²) < 4.78 is 62.8. The van der Waals surface area contributed by atoms with E-state index in [1.807, 2.05) is 0 Å². The Labute approximate surface area is 140 Å². The third-order valence-corrected chi connectivity index (χ3v) is 4.86. The highest BCUT2D eigenvalue weighted by atomic mass is 32.2. The molecule has 1 heterocycles. The van der Waals surface area contributed by atoms with Gasteiger partial charge in [0.15, 0.2) is 0 Å². The molecule has 0 saturated carbocycles. The summed E-state index contributed by atoms with van der Waals surface area (Å²) in [5.74, 6) is 0. The number of benzene rings is 2. The third kappa shape index (κ3) is 2.86. The lowest BCUT2D eigenvalue weighted by Gasteiger charge is -2.07. The van der Waals surface area contributed by atoms with E-state index >= 15 is 0 Å². The molecule has 0 N–H and O–H groups in total. The number of halogens is 3. The van der Waals surface area contributed by atoms with Crippen molar-refractivity contribution >= 4 is 10.0 Å². The molecule has 0 saturated heterocycles. The van der Waals surface area contributed by atoms with Gasteiger partial charge in [-0.1, -0.05) is 48.5 Å². The maximum Gasteiger partial charge on any atom is 0.517 e. The van der Waals surface area contributed by atoms with E-state index in [4.69, 9.17) is 0 Å². The number of aromatic nitrogens is 2. The third-order valence-electron chi connectivity index (χ3n) is 3.50. The first-order valence-electron chi connectivity index (χ1n) is 7.00. The van der Waals surface area contributed by atoms with E-state index in [1.54, 1.807) is 48.5 Å². The summed E-state index contributed by atoms with van der Waals surface area (Å²) in [5, 5.41) is 0. The molecule has 0 bridgehead atoms. The van der Waals surface area contributed by atoms with Crippen LogP contribution < -0.4 is 5.69 Å². The number of alkyl halides is 3. The Morgan fingerprint density at radius 2 is 1.36 bits per heavy atom. The van der Waals surface area contributed by atoms with E-state index in [-0.39, 0.29) is 15.4 Å². The van der Waals surface area contributed by atoms with Crippen LogP contribution in [-0.2, 0) is 10.0 Å². The van der Waals surface area contributed by atoms with Crippen LogP contribution in [0.4, 0.5) is 13.2 Å². The number of hydrogen-bond acceptors (Lipinski definition) is 3. The fraction of sp³-hybridized carbons (Fsp3) is 0.0625. The Balaban J connectivity index is 2.37. The SMILES string of the molecule is O=c1n(S(=O)(=O)C(F)(F)F)cc(-c2ccccc2)n1-c1ccccc1. The van der Waals surface area contributed by atoms with Gasteiger partial charge in [0.2, 0.25) is 0 Å². The lowest BCUT2D eigenvalue weighted by Crippen LogP contribution is -2.37. The van der Waals surface area contributed by atoms with E-state index in [2.05, 4.69) is 0 Å². The highest BCUT2D eigenvalue weighted by Crippen LogP contribution is 2.27. The van der Waals surface area contributed by atoms with E-state index < -0.39 is 21.2 Å². The summed E-state index contributed by atoms with van der Waals surface area (Å²) in [6, 6.07) is 15.9. The van der Waals surface area contributed by atoms with Crippen molar-refractivity contribution in [2.24, 2.45) is 0 Å². The molecule has 5 nitrogen and oxygen atoms in total. The zero-order valence-electron chi connectivity index (χ0n) is 12.5. The van der Waals surface area contributed by atoms with Gasteiger partial charge >= 0.3 is 21.2 Å². The molecule has 0 atom stereocenters. The predicted octanol–water partition coefficient (Wildman–Crippen LogP) is 3.00. The van der Waals surface area contributed by atoms with Gasteiger partial charge in [0.1, 0.15) is 0 Å². The van der Waals surface area contributed by atoms with Gasteiger partial charge in [-0.15, -0.1) is 0 Å². The fourth-order valence-corrected chi connectivity index (χ4v) is 3.10. The molecule has 130 valence electrons. The Morgan fingerprint density at radius 3 is 1.88 bits per heavy atom. The molecule has 0 aliphatic heterocycles. The molecule has 0 aliphatic carbocycles. The molecule has 2 aromatic carbocycles. The van der Waals surface area contributed by atoms with Gasteiger partial charge < -0.3 is 0 Å². The molecule has 0 radical (unpaired) electrons. The smallest absolute Gasteiger partial charge is 0.260 e. The first-order valence-corrected chi connectivity index (χ1v) is 8.44. The first kappa shape index (κ1) is 17.0. The second kappa shape index (κ2) is 5.92. The Bertz CT molecular complexity index is 1050. The van der Waals surface area contributed by atoms with Crippen molar-refractivity contribution in [2.45, 2.75) is 5.51 Å². The van der Waals surface area contributed by atoms with Gasteiger partial charge in [0, 0.05) is 5.56 Å². The molecule has 0 aliphatic rings. The molecule has 0 unspecified atom stereocenters. The van der Waals surface area contributed by atoms with Crippen LogP contribution in [-0.4, -0.2) is 22.5 Å². The van der Waals surface area contributed by atoms with Crippen molar-refractivity contribution in [3.63, 3.8) is 0 Å². The zero-order chi connectivity index (χ0) is 18.2. The van der Waals surface area contributed by atoms with Crippen LogP contribution in [0.25, 0.3) is 16.9 Å². The molecule has 0 spiro atoms. The summed E-state index contributed by atoms with van der Waals surface area (Å²) in [5.41, 5.74) is -6.22. The summed E-state index contributed by atoms with van der Waals surface area (Å²) in [6.07, 6.45) is 0.688. The maximum atomic E-state index is 12.9. The summed E-state index contributed by atoms with van der Waals surface area (Å²) in [7, 11) is -5.84. The number of imidazole rings is 1. The van der Waals surface area contributed by atoms with Gasteiger partial charge in [0.25, 0.3) is 0 Å². The van der Waals surface area contributed by atoms with Gasteiger partial charge in [-0.25, -0.2) is 4.79 Å². The fourth-order valence-electron chi connectivity index (χ4n) is 2.35. The highest BCUT2D eigenvalue weighted by Gasteiger charge is 2.48. The van der Waals surface area contributed by atoms with Crippen molar-refractivity contribution in [2.75, 3.05) is 0 Å². The van der Waals surface area contributed by atoms with E-state index in [0.29, 0.717) is 11.8 Å². The minimum Gasteiger partial charge on any atom is -0.260 e. The van der Waals surface area contributed by atoms with Crippen molar-refractivity contribution < 1.29 is 21.6 Å². The monoisotopic (exact) mass is 368 g/mol. The van der Waals surface area contributed by atoms with Crippen molar-refractivity contribution in [1.29, 1.82) is 0 Å². The molecule has 9 heteroatoms. The minimum atomic E-state index is -5.84. The summed E-state index contributed by atoms with van der Waals surface area (Å²) >= 11 is 0. The standard InChI is InChI=1S/C16H11F3N2O3S/c17-16(18,19)25(23,24)20-11-14(12-7-3-1-4-8-12)21(15(20)22)13-9-5-2-6-10-13/h1-11H. The van der Waals surface area contributed by atoms with Crippen LogP contribution >= 0.6 is 0 Å². The molecule has 25 heavy (non-hydrogen) atoms. The second-order valence-electron chi connectivity index (χ2n) is 5.08. The molecule has 3 rings (SSSR count). The largest absolute Gasteiger partial charge is 0.517 e. The van der Waals surface area contributed by atoms with Crippen molar-refractivity contribution in [3.05, 3.63) is 77.3 Å². The lowest BCUT2D eigenvalue weighted by molar-refractivity contribution is -0.0447. The number of rotatable bonds is 3. The Kier molecular flexibility index (Phi) is 4.03. The van der Waals surface area contributed by atoms with Gasteiger partial charge in [-0.05, 0) is 12.1 Å². The summed E-state index contributed by atoms with van der Waals surface area (Å²) in [6.45, 7) is 0. The topological polar surface area (TPSA) is 61.1 Å². The van der Waals surface area contributed by atoms with E-state index in [0.717, 1.165) is 4.57 Å². The van der Waals surface area contributed by atoms with Crippen LogP contribution in [0.2, 0.25) is 0 Å². The quantitative estimate of drug-likeness (QED) is 0.714. The highest BCUT2D eigenvalue weighted by molar-refractivity contribution is 7.90. The van der Waals surface area contributed by atoms with Gasteiger partial charge in [0.05, 0.1) is 17.6 Å². The second-order valence-corrected chi connectivity index (χ2v) is 6.89. The van der Waals surface area contributed by atoms with E-state index in [9.17, 15) is 26.4 Å². The van der Waals surface area contributed by atoms with Crippen LogP contribution in [0.15, 0.2) is 71.7 Å². The van der Waals surface area contributed by atoms with Crippen LogP contribution in [0.3, 0.4) is 0 Å². The predicted molar refractivity (Wildman–Crippen MR) is 85.8 cm³/mol. The number of para-hydroxylation sites is 1. The van der Waals surface area contributed by atoms with Gasteiger partial charge in [-0.3, -0.25) is 4.57 Å². The normalized spacial score (nSPS) is 12.3. The molecule has 1 aromatic heterocycles. The maximum absolute atomic E-state index is 12.9. The number of hydrogen-bond donors (Lipinski definition) is 0. The van der Waals surface area contributed by atoms with Crippen LogP contribution in [0.1, 0.15) is 0 Å². The minimum absolute atomic E-state index is 0.0321. The van der Waals surface area contributed by atoms with E-state index in [1.165, 1.54) is 12.1 Å². The number of nitrogens with zero attached hydrogens (tertiary/aromatic N) is 2. The van der Waals surface area contributed by atoms with Crippen molar-refractivity contribution in [1.82, 2.24) is 8.54 Å². The van der Waals surface area contributed by atoms with Gasteiger partial charge in [-0.2, -0.15) is 25.6 Å². The van der Waals surface area contributed by atoms with Crippen molar-refractivity contribution in [3.8, 4) is 16.9 Å². The zero-order valence-corrected chi connectivity index (χ0v) is 13.3. The lowest BCUT2D eigenvalue weighted by atomic mass is 10.1. The molecule has 3 aromatic rings. The Hall–Kier alpha value is -2.81. The molecule has 0 fully saturated rings. The first-order chi connectivity index (χ1) is 11.7. The molecule has 0 amide bonds.